The number of unbranched alkanes of at least 4 members (excludes halogenated alkanes) is 9. The molecule has 9 nitrogen and oxygen atoms in total. The molecular weight excluding hydrogens is 643 g/mol. The van der Waals surface area contributed by atoms with Gasteiger partial charge in [0, 0.05) is 32.1 Å². The molecule has 0 aromatic rings. The number of Topliss-reactive ketones (excluding diaryl/α,β-unsaturated/α-hetero) is 2. The lowest BCUT2D eigenvalue weighted by molar-refractivity contribution is -0.203. The van der Waals surface area contributed by atoms with Crippen molar-refractivity contribution in [2.75, 3.05) is 7.05 Å². The van der Waals surface area contributed by atoms with E-state index in [1.165, 1.54) is 19.2 Å². The molecule has 0 radical (unpaired) electrons. The molecule has 288 valence electrons. The quantitative estimate of drug-likeness (QED) is 0.0373. The molecule has 0 bridgehead atoms. The van der Waals surface area contributed by atoms with Gasteiger partial charge in [0.1, 0.15) is 17.7 Å². The van der Waals surface area contributed by atoms with Crippen LogP contribution in [-0.4, -0.2) is 70.4 Å². The molecule has 5 N–H and O–H groups in total. The molecule has 0 saturated carbocycles. The number of ether oxygens (including phenoxy) is 1. The fraction of sp³-hybridized carbons (Fsp3) is 0.730. The maximum atomic E-state index is 12.0. The Labute approximate surface area is 293 Å². The third kappa shape index (κ3) is 43.1. The minimum absolute atomic E-state index is 0.216. The molecule has 0 aromatic heterocycles. The summed E-state index contributed by atoms with van der Waals surface area (Å²) in [6, 6.07) is 0. The number of halogens is 3. The second-order valence-electron chi connectivity index (χ2n) is 11.3. The van der Waals surface area contributed by atoms with Gasteiger partial charge in [0.05, 0.1) is 12.2 Å². The zero-order chi connectivity index (χ0) is 38.5. The smallest absolute Gasteiger partial charge is 0.481 e. The van der Waals surface area contributed by atoms with Gasteiger partial charge in [0.2, 0.25) is 0 Å². The summed E-state index contributed by atoms with van der Waals surface area (Å²) in [6.45, 7) is 14.1. The Morgan fingerprint density at radius 2 is 0.980 bits per heavy atom. The number of alkyl halides is 3. The van der Waals surface area contributed by atoms with Crippen LogP contribution in [0.1, 0.15) is 142 Å². The molecule has 49 heavy (non-hydrogen) atoms. The largest absolute Gasteiger partial charge is 0.490 e. The van der Waals surface area contributed by atoms with Gasteiger partial charge in [-0.1, -0.05) is 90.0 Å². The Hall–Kier alpha value is -2.83. The molecule has 0 aliphatic carbocycles. The van der Waals surface area contributed by atoms with E-state index in [0.29, 0.717) is 37.9 Å². The molecule has 0 fully saturated rings. The number of hydrogen-bond acceptors (Lipinski definition) is 8. The first-order valence-electron chi connectivity index (χ1n) is 17.5. The van der Waals surface area contributed by atoms with Crippen molar-refractivity contribution in [1.29, 1.82) is 0 Å². The number of nitrogens with two attached hydrogens (primary N) is 1. The van der Waals surface area contributed by atoms with E-state index in [-0.39, 0.29) is 18.3 Å². The highest BCUT2D eigenvalue weighted by Crippen LogP contribution is 2.20. The monoisotopic (exact) mass is 709 g/mol. The van der Waals surface area contributed by atoms with Crippen molar-refractivity contribution < 1.29 is 52.4 Å². The highest BCUT2D eigenvalue weighted by Gasteiger charge is 2.41. The summed E-state index contributed by atoms with van der Waals surface area (Å²) < 4.78 is 40.3. The van der Waals surface area contributed by atoms with Gasteiger partial charge in [-0.3, -0.25) is 14.4 Å². The normalized spacial score (nSPS) is 12.2. The van der Waals surface area contributed by atoms with Gasteiger partial charge in [0.25, 0.3) is 0 Å². The molecule has 0 amide bonds. The van der Waals surface area contributed by atoms with Crippen molar-refractivity contribution in [3.63, 3.8) is 0 Å². The summed E-state index contributed by atoms with van der Waals surface area (Å²) in [5.41, 5.74) is 4.50. The number of carboxylic acids is 1. The van der Waals surface area contributed by atoms with Crippen LogP contribution < -0.4 is 5.73 Å². The number of rotatable bonds is 27. The van der Waals surface area contributed by atoms with Gasteiger partial charge in [-0.2, -0.15) is 13.2 Å². The molecule has 0 spiro atoms. The molecule has 0 saturated heterocycles. The first-order valence-corrected chi connectivity index (χ1v) is 17.5. The van der Waals surface area contributed by atoms with E-state index in [1.54, 1.807) is 6.08 Å². The average Bonchev–Trinajstić information content (AvgIpc) is 3.08. The summed E-state index contributed by atoms with van der Waals surface area (Å²) in [4.78, 5) is 42.8. The Morgan fingerprint density at radius 3 is 1.29 bits per heavy atom. The van der Waals surface area contributed by atoms with Crippen LogP contribution in [0.5, 0.6) is 0 Å². The van der Waals surface area contributed by atoms with Crippen LogP contribution in [0, 0.1) is 0 Å². The van der Waals surface area contributed by atoms with Crippen LogP contribution in [0.3, 0.4) is 0 Å². The summed E-state index contributed by atoms with van der Waals surface area (Å²) in [5, 5.41) is 26.6. The highest BCUT2D eigenvalue weighted by atomic mass is 19.4. The fourth-order valence-corrected chi connectivity index (χ4v) is 4.05. The van der Waals surface area contributed by atoms with Gasteiger partial charge in [-0.05, 0) is 52.0 Å². The van der Waals surface area contributed by atoms with Crippen LogP contribution in [0.2, 0.25) is 0 Å². The number of aliphatic hydroxyl groups is 2. The third-order valence-corrected chi connectivity index (χ3v) is 7.13. The predicted molar refractivity (Wildman–Crippen MR) is 190 cm³/mol. The number of hydrogen-bond donors (Lipinski definition) is 4. The minimum Gasteiger partial charge on any atom is -0.481 e. The van der Waals surface area contributed by atoms with E-state index in [1.807, 2.05) is 13.8 Å². The van der Waals surface area contributed by atoms with Crippen LogP contribution >= 0.6 is 0 Å². The van der Waals surface area contributed by atoms with Gasteiger partial charge in [-0.15, -0.1) is 13.2 Å². The van der Waals surface area contributed by atoms with Crippen molar-refractivity contribution in [3.05, 3.63) is 38.0 Å². The van der Waals surface area contributed by atoms with Gasteiger partial charge in [0.15, 0.2) is 0 Å². The Kier molecular flexibility index (Phi) is 41.1. The van der Waals surface area contributed by atoms with E-state index in [4.69, 9.17) is 15.3 Å². The molecule has 0 aliphatic heterocycles. The number of ketones is 2. The number of aliphatic carboxylic acids is 1. The van der Waals surface area contributed by atoms with Crippen molar-refractivity contribution in [1.82, 2.24) is 0 Å². The predicted octanol–water partition coefficient (Wildman–Crippen LogP) is 8.35. The standard InChI is InChI=1S/C14H21F3O3.C12H22O2.C10H18O3.CH5N/c1-3-11(18)9-7-5-6-8-10-12(4-2)20-13(19)14(15,16)17;1-3-11(13)9-7-5-6-8-10-12(14)4-2;1-2-9(11)7-5-3-4-6-8-10(12)13;1-2/h4,12H,2-3,5-10H2,1H3;3,11,13H,1,4-10H2,2H3;2,9,11H,1,3-8H2,(H,12,13);2H2,1H3. The lowest BCUT2D eigenvalue weighted by Crippen LogP contribution is -2.29. The Balaban J connectivity index is -0.000000311. The Bertz CT molecular complexity index is 865. The average molecular weight is 710 g/mol. The highest BCUT2D eigenvalue weighted by molar-refractivity contribution is 5.78. The third-order valence-electron chi connectivity index (χ3n) is 7.13. The molecule has 3 unspecified atom stereocenters. The molecule has 12 heteroatoms. The minimum atomic E-state index is -4.97. The first-order chi connectivity index (χ1) is 23.2. The molecule has 0 aliphatic rings. The first kappa shape index (κ1) is 53.0. The summed E-state index contributed by atoms with van der Waals surface area (Å²) >= 11 is 0. The van der Waals surface area contributed by atoms with Crippen LogP contribution in [0.25, 0.3) is 0 Å². The molecular formula is C37H66F3NO8. The summed E-state index contributed by atoms with van der Waals surface area (Å²) in [5.74, 6) is -2.34. The zero-order valence-electron chi connectivity index (χ0n) is 30.3. The van der Waals surface area contributed by atoms with Crippen molar-refractivity contribution in [2.24, 2.45) is 5.73 Å². The number of aliphatic hydroxyl groups excluding tert-OH is 2. The number of carbonyl (C=O) groups excluding carboxylic acids is 3. The molecule has 3 atom stereocenters. The zero-order valence-corrected chi connectivity index (χ0v) is 30.3. The molecule has 0 heterocycles. The molecule has 0 aromatic carbocycles. The van der Waals surface area contributed by atoms with Crippen molar-refractivity contribution in [3.8, 4) is 0 Å². The second kappa shape index (κ2) is 38.0. The van der Waals surface area contributed by atoms with Crippen LogP contribution in [-0.2, 0) is 23.9 Å². The van der Waals surface area contributed by atoms with Crippen molar-refractivity contribution in [2.45, 2.75) is 167 Å². The van der Waals surface area contributed by atoms with E-state index >= 15 is 0 Å². The lowest BCUT2D eigenvalue weighted by atomic mass is 10.1. The second-order valence-corrected chi connectivity index (χ2v) is 11.3. The topological polar surface area (TPSA) is 164 Å². The number of carbonyl (C=O) groups is 4. The maximum absolute atomic E-state index is 12.0. The van der Waals surface area contributed by atoms with Crippen LogP contribution in [0.15, 0.2) is 38.0 Å². The van der Waals surface area contributed by atoms with Gasteiger partial charge < -0.3 is 25.8 Å². The van der Waals surface area contributed by atoms with E-state index in [9.17, 15) is 32.3 Å². The van der Waals surface area contributed by atoms with E-state index in [0.717, 1.165) is 89.9 Å². The summed E-state index contributed by atoms with van der Waals surface area (Å²) in [6.07, 6.45) is 13.0. The van der Waals surface area contributed by atoms with Crippen LogP contribution in [0.4, 0.5) is 13.2 Å². The van der Waals surface area contributed by atoms with Gasteiger partial charge >= 0.3 is 18.1 Å². The number of esters is 1. The van der Waals surface area contributed by atoms with E-state index in [2.05, 4.69) is 30.2 Å². The van der Waals surface area contributed by atoms with Crippen molar-refractivity contribution >= 4 is 23.5 Å². The Morgan fingerprint density at radius 1 is 0.633 bits per heavy atom. The van der Waals surface area contributed by atoms with Gasteiger partial charge in [-0.25, -0.2) is 4.79 Å². The number of carboxylic acid groups (broad SMARTS) is 1. The van der Waals surface area contributed by atoms with E-state index < -0.39 is 30.3 Å². The molecule has 0 rings (SSSR count). The SMILES string of the molecule is C=CC(CCCCCCC(=O)CC)OC(=O)C(F)(F)F.C=CC(O)CCCCCCC(=O)CC.C=CC(O)CCCCCCC(=O)O.CN. The fourth-order valence-electron chi connectivity index (χ4n) is 4.05. The lowest BCUT2D eigenvalue weighted by Gasteiger charge is -2.15. The maximum Gasteiger partial charge on any atom is 0.490 e. The summed E-state index contributed by atoms with van der Waals surface area (Å²) in [7, 11) is 1.50.